The number of nitrogens with zero attached hydrogens (tertiary/aromatic N) is 2. The molecule has 0 N–H and O–H groups in total. The fraction of sp³-hybridized carbons (Fsp3) is 0. The van der Waals surface area contributed by atoms with Crippen LogP contribution in [0.2, 0.25) is 0 Å². The van der Waals surface area contributed by atoms with Crippen LogP contribution in [0, 0.1) is 0 Å². The van der Waals surface area contributed by atoms with Gasteiger partial charge < -0.3 is 8.98 Å². The highest BCUT2D eigenvalue weighted by molar-refractivity contribution is 6.25. The van der Waals surface area contributed by atoms with Crippen molar-refractivity contribution in [3.05, 3.63) is 158 Å². The summed E-state index contributed by atoms with van der Waals surface area (Å²) in [6, 6.07) is 55.9. The van der Waals surface area contributed by atoms with Gasteiger partial charge in [0.2, 0.25) is 0 Å². The van der Waals surface area contributed by atoms with E-state index in [-0.39, 0.29) is 0 Å². The van der Waals surface area contributed by atoms with E-state index >= 15 is 0 Å². The molecule has 3 heteroatoms. The van der Waals surface area contributed by atoms with Crippen molar-refractivity contribution in [1.82, 2.24) is 9.55 Å². The van der Waals surface area contributed by atoms with Gasteiger partial charge in [0.25, 0.3) is 0 Å². The van der Waals surface area contributed by atoms with E-state index in [0.29, 0.717) is 0 Å². The summed E-state index contributed by atoms with van der Waals surface area (Å²) in [6.07, 6.45) is 0. The third-order valence-electron chi connectivity index (χ3n) is 9.38. The second-order valence-corrected chi connectivity index (χ2v) is 11.9. The third kappa shape index (κ3) is 3.57. The molecule has 0 saturated carbocycles. The molecule has 46 heavy (non-hydrogen) atoms. The molecule has 214 valence electrons. The average Bonchev–Trinajstić information content (AvgIpc) is 3.67. The number of para-hydroxylation sites is 4. The summed E-state index contributed by atoms with van der Waals surface area (Å²) in [5.74, 6) is 0. The summed E-state index contributed by atoms with van der Waals surface area (Å²) in [5.41, 5.74) is 10.7. The smallest absolute Gasteiger partial charge is 0.144 e. The first kappa shape index (κ1) is 25.2. The molecule has 0 amide bonds. The Morgan fingerprint density at radius 3 is 1.91 bits per heavy atom. The molecule has 0 unspecified atom stereocenters. The van der Waals surface area contributed by atoms with E-state index in [0.717, 1.165) is 66.1 Å². The number of aromatic nitrogens is 2. The predicted molar refractivity (Wildman–Crippen MR) is 192 cm³/mol. The molecule has 0 saturated heterocycles. The Bertz CT molecular complexity index is 2750. The normalized spacial score (nSPS) is 11.9. The van der Waals surface area contributed by atoms with Gasteiger partial charge >= 0.3 is 0 Å². The Labute approximate surface area is 264 Å². The number of fused-ring (bicyclic) bond motifs is 10. The Morgan fingerprint density at radius 2 is 1.11 bits per heavy atom. The molecule has 0 radical (unpaired) electrons. The monoisotopic (exact) mass is 586 g/mol. The van der Waals surface area contributed by atoms with Gasteiger partial charge in [-0.25, -0.2) is 4.98 Å². The van der Waals surface area contributed by atoms with Crippen molar-refractivity contribution >= 4 is 65.4 Å². The van der Waals surface area contributed by atoms with Crippen LogP contribution in [0.15, 0.2) is 162 Å². The number of hydrogen-bond donors (Lipinski definition) is 0. The molecule has 10 aromatic rings. The van der Waals surface area contributed by atoms with Crippen molar-refractivity contribution in [2.24, 2.45) is 0 Å². The van der Waals surface area contributed by atoms with Crippen molar-refractivity contribution in [3.63, 3.8) is 0 Å². The first-order chi connectivity index (χ1) is 22.8. The van der Waals surface area contributed by atoms with Crippen molar-refractivity contribution in [3.8, 4) is 28.1 Å². The molecule has 7 aromatic carbocycles. The number of furan rings is 1. The standard InChI is InChI=1S/C43H26N2O/c1-2-12-27(13-3-1)42-34-24-23-32-35-26-28(22-25-40(35)46-43(32)41(34)33-17-4-8-18-36(33)44-42)29-14-5-9-19-37(29)45-38-20-10-6-15-30(38)31-16-7-11-21-39(31)45/h1-26H. The lowest BCUT2D eigenvalue weighted by Gasteiger charge is -2.14. The van der Waals surface area contributed by atoms with Crippen LogP contribution in [0.3, 0.4) is 0 Å². The van der Waals surface area contributed by atoms with Crippen molar-refractivity contribution in [1.29, 1.82) is 0 Å². The lowest BCUT2D eigenvalue weighted by Crippen LogP contribution is -1.96. The van der Waals surface area contributed by atoms with Gasteiger partial charge in [-0.2, -0.15) is 0 Å². The largest absolute Gasteiger partial charge is 0.455 e. The van der Waals surface area contributed by atoms with Gasteiger partial charge in [-0.1, -0.05) is 115 Å². The molecule has 3 aromatic heterocycles. The molecule has 0 atom stereocenters. The van der Waals surface area contributed by atoms with E-state index in [4.69, 9.17) is 9.40 Å². The quantitative estimate of drug-likeness (QED) is 0.193. The van der Waals surface area contributed by atoms with Crippen LogP contribution in [0.25, 0.3) is 93.5 Å². The summed E-state index contributed by atoms with van der Waals surface area (Å²) in [5, 5.41) is 8.01. The maximum atomic E-state index is 6.74. The van der Waals surface area contributed by atoms with Gasteiger partial charge in [0.1, 0.15) is 11.2 Å². The Hall–Kier alpha value is -6.19. The Kier molecular flexibility index (Phi) is 5.28. The van der Waals surface area contributed by atoms with Crippen LogP contribution in [-0.2, 0) is 0 Å². The lowest BCUT2D eigenvalue weighted by molar-refractivity contribution is 0.673. The lowest BCUT2D eigenvalue weighted by atomic mass is 9.97. The topological polar surface area (TPSA) is 31.0 Å². The molecular weight excluding hydrogens is 560 g/mol. The number of benzene rings is 7. The highest BCUT2D eigenvalue weighted by Crippen LogP contribution is 2.42. The fourth-order valence-electron chi connectivity index (χ4n) is 7.35. The second kappa shape index (κ2) is 9.65. The van der Waals surface area contributed by atoms with Gasteiger partial charge in [0, 0.05) is 48.8 Å². The summed E-state index contributed by atoms with van der Waals surface area (Å²) < 4.78 is 9.14. The molecule has 0 aliphatic carbocycles. The van der Waals surface area contributed by atoms with E-state index in [2.05, 4.69) is 156 Å². The number of hydrogen-bond acceptors (Lipinski definition) is 2. The fourth-order valence-corrected chi connectivity index (χ4v) is 7.35. The summed E-state index contributed by atoms with van der Waals surface area (Å²) in [7, 11) is 0. The molecule has 0 fully saturated rings. The second-order valence-electron chi connectivity index (χ2n) is 11.9. The molecule has 10 rings (SSSR count). The van der Waals surface area contributed by atoms with Crippen molar-refractivity contribution in [2.75, 3.05) is 0 Å². The van der Waals surface area contributed by atoms with Gasteiger partial charge in [0.05, 0.1) is 27.9 Å². The number of rotatable bonds is 3. The molecule has 3 nitrogen and oxygen atoms in total. The minimum Gasteiger partial charge on any atom is -0.455 e. The van der Waals surface area contributed by atoms with E-state index < -0.39 is 0 Å². The SMILES string of the molecule is c1ccc(-c2nc3ccccc3c3c2ccc2c4cc(-c5ccccc5-n5c6ccccc6c6ccccc65)ccc4oc23)cc1. The molecular formula is C43H26N2O. The van der Waals surface area contributed by atoms with E-state index in [1.807, 2.05) is 6.07 Å². The summed E-state index contributed by atoms with van der Waals surface area (Å²) in [6.45, 7) is 0. The first-order valence-corrected chi connectivity index (χ1v) is 15.6. The van der Waals surface area contributed by atoms with Crippen molar-refractivity contribution in [2.45, 2.75) is 0 Å². The predicted octanol–water partition coefficient (Wildman–Crippen LogP) is 11.7. The zero-order valence-corrected chi connectivity index (χ0v) is 24.8. The Balaban J connectivity index is 1.24. The molecule has 3 heterocycles. The van der Waals surface area contributed by atoms with Crippen molar-refractivity contribution < 1.29 is 4.42 Å². The van der Waals surface area contributed by atoms with E-state index in [9.17, 15) is 0 Å². The summed E-state index contributed by atoms with van der Waals surface area (Å²) in [4.78, 5) is 5.12. The average molecular weight is 587 g/mol. The first-order valence-electron chi connectivity index (χ1n) is 15.6. The van der Waals surface area contributed by atoms with Gasteiger partial charge in [-0.3, -0.25) is 0 Å². The molecule has 0 bridgehead atoms. The van der Waals surface area contributed by atoms with Crippen LogP contribution >= 0.6 is 0 Å². The minimum absolute atomic E-state index is 0.878. The van der Waals surface area contributed by atoms with E-state index in [1.54, 1.807) is 0 Å². The van der Waals surface area contributed by atoms with Gasteiger partial charge in [-0.05, 0) is 48.0 Å². The van der Waals surface area contributed by atoms with E-state index in [1.165, 1.54) is 27.4 Å². The zero-order chi connectivity index (χ0) is 30.2. The highest BCUT2D eigenvalue weighted by Gasteiger charge is 2.19. The van der Waals surface area contributed by atoms with Crippen LogP contribution in [0.5, 0.6) is 0 Å². The minimum atomic E-state index is 0.878. The van der Waals surface area contributed by atoms with Crippen LogP contribution in [0.4, 0.5) is 0 Å². The molecule has 0 spiro atoms. The van der Waals surface area contributed by atoms with Gasteiger partial charge in [-0.15, -0.1) is 0 Å². The van der Waals surface area contributed by atoms with Crippen LogP contribution < -0.4 is 0 Å². The summed E-state index contributed by atoms with van der Waals surface area (Å²) >= 11 is 0. The highest BCUT2D eigenvalue weighted by atomic mass is 16.3. The molecule has 0 aliphatic heterocycles. The number of pyridine rings is 1. The zero-order valence-electron chi connectivity index (χ0n) is 24.8. The van der Waals surface area contributed by atoms with Gasteiger partial charge in [0.15, 0.2) is 0 Å². The van der Waals surface area contributed by atoms with Crippen LogP contribution in [-0.4, -0.2) is 9.55 Å². The third-order valence-corrected chi connectivity index (χ3v) is 9.38. The molecule has 0 aliphatic rings. The maximum absolute atomic E-state index is 6.74. The maximum Gasteiger partial charge on any atom is 0.144 e. The van der Waals surface area contributed by atoms with Crippen LogP contribution in [0.1, 0.15) is 0 Å². The Morgan fingerprint density at radius 1 is 0.457 bits per heavy atom.